The third-order valence-electron chi connectivity index (χ3n) is 1.89. The Hall–Kier alpha value is -0.570. The van der Waals surface area contributed by atoms with Crippen LogP contribution in [-0.2, 0) is 9.53 Å². The molecule has 64 valence electrons. The summed E-state index contributed by atoms with van der Waals surface area (Å²) in [6.07, 6.45) is 2.49. The molecule has 3 heteroatoms. The number of carboxylic acids is 1. The molecule has 0 amide bonds. The SMILES string of the molecule is CCOC(CC1CC1)C(=O)O. The molecule has 0 heterocycles. The fourth-order valence-electron chi connectivity index (χ4n) is 1.10. The van der Waals surface area contributed by atoms with Crippen LogP contribution in [0.5, 0.6) is 0 Å². The van der Waals surface area contributed by atoms with Gasteiger partial charge in [-0.25, -0.2) is 4.79 Å². The predicted octanol–water partition coefficient (Wildman–Crippen LogP) is 1.28. The summed E-state index contributed by atoms with van der Waals surface area (Å²) in [5.41, 5.74) is 0. The van der Waals surface area contributed by atoms with Crippen molar-refractivity contribution in [1.29, 1.82) is 0 Å². The smallest absolute Gasteiger partial charge is 0.332 e. The van der Waals surface area contributed by atoms with Gasteiger partial charge in [-0.3, -0.25) is 0 Å². The number of hydrogen-bond donors (Lipinski definition) is 1. The summed E-state index contributed by atoms with van der Waals surface area (Å²) in [6, 6.07) is 0. The van der Waals surface area contributed by atoms with Gasteiger partial charge in [-0.1, -0.05) is 12.8 Å². The van der Waals surface area contributed by atoms with Crippen LogP contribution in [0.2, 0.25) is 0 Å². The van der Waals surface area contributed by atoms with Crippen molar-refractivity contribution in [1.82, 2.24) is 0 Å². The van der Waals surface area contributed by atoms with E-state index in [2.05, 4.69) is 0 Å². The van der Waals surface area contributed by atoms with Crippen molar-refractivity contribution in [3.8, 4) is 0 Å². The molecule has 1 aliphatic rings. The van der Waals surface area contributed by atoms with E-state index in [9.17, 15) is 4.79 Å². The Morgan fingerprint density at radius 1 is 1.73 bits per heavy atom. The van der Waals surface area contributed by atoms with Gasteiger partial charge >= 0.3 is 5.97 Å². The lowest BCUT2D eigenvalue weighted by molar-refractivity contribution is -0.150. The maximum absolute atomic E-state index is 10.5. The molecule has 1 rings (SSSR count). The minimum absolute atomic E-state index is 0.490. The molecular formula is C8H14O3. The lowest BCUT2D eigenvalue weighted by Crippen LogP contribution is -2.24. The van der Waals surface area contributed by atoms with E-state index in [-0.39, 0.29) is 0 Å². The van der Waals surface area contributed by atoms with Crippen LogP contribution in [-0.4, -0.2) is 23.8 Å². The monoisotopic (exact) mass is 158 g/mol. The minimum Gasteiger partial charge on any atom is -0.479 e. The van der Waals surface area contributed by atoms with E-state index >= 15 is 0 Å². The van der Waals surface area contributed by atoms with E-state index in [1.165, 1.54) is 12.8 Å². The van der Waals surface area contributed by atoms with E-state index in [4.69, 9.17) is 9.84 Å². The Morgan fingerprint density at radius 2 is 2.36 bits per heavy atom. The number of aliphatic carboxylic acids is 1. The van der Waals surface area contributed by atoms with E-state index in [0.717, 1.165) is 0 Å². The Kier molecular flexibility index (Phi) is 2.88. The van der Waals surface area contributed by atoms with Crippen molar-refractivity contribution in [2.24, 2.45) is 5.92 Å². The van der Waals surface area contributed by atoms with E-state index in [1.54, 1.807) is 0 Å². The van der Waals surface area contributed by atoms with Gasteiger partial charge < -0.3 is 9.84 Å². The summed E-state index contributed by atoms with van der Waals surface area (Å²) < 4.78 is 5.05. The number of carboxylic acid groups (broad SMARTS) is 1. The van der Waals surface area contributed by atoms with Gasteiger partial charge in [0.1, 0.15) is 0 Å². The topological polar surface area (TPSA) is 46.5 Å². The van der Waals surface area contributed by atoms with Gasteiger partial charge in [0.05, 0.1) is 0 Å². The fourth-order valence-corrected chi connectivity index (χ4v) is 1.10. The summed E-state index contributed by atoms with van der Waals surface area (Å²) in [5.74, 6) is -0.207. The van der Waals surface area contributed by atoms with Crippen LogP contribution < -0.4 is 0 Å². The highest BCUT2D eigenvalue weighted by Gasteiger charge is 2.29. The molecule has 0 radical (unpaired) electrons. The molecule has 0 aromatic rings. The quantitative estimate of drug-likeness (QED) is 0.655. The average molecular weight is 158 g/mol. The Bertz CT molecular complexity index is 140. The van der Waals surface area contributed by atoms with E-state index in [1.807, 2.05) is 6.92 Å². The zero-order valence-corrected chi connectivity index (χ0v) is 6.75. The standard InChI is InChI=1S/C8H14O3/c1-2-11-7(8(9)10)5-6-3-4-6/h6-7H,2-5H2,1H3,(H,9,10). The van der Waals surface area contributed by atoms with Crippen LogP contribution >= 0.6 is 0 Å². The van der Waals surface area contributed by atoms with Crippen LogP contribution in [0, 0.1) is 5.92 Å². The van der Waals surface area contributed by atoms with Crippen LogP contribution in [0.3, 0.4) is 0 Å². The summed E-state index contributed by atoms with van der Waals surface area (Å²) >= 11 is 0. The maximum Gasteiger partial charge on any atom is 0.332 e. The lowest BCUT2D eigenvalue weighted by atomic mass is 10.2. The van der Waals surface area contributed by atoms with Crippen LogP contribution in [0.25, 0.3) is 0 Å². The highest BCUT2D eigenvalue weighted by Crippen LogP contribution is 2.34. The Morgan fingerprint density at radius 3 is 2.73 bits per heavy atom. The largest absolute Gasteiger partial charge is 0.479 e. The molecule has 1 N–H and O–H groups in total. The molecule has 1 aliphatic carbocycles. The molecule has 1 fully saturated rings. The van der Waals surface area contributed by atoms with Gasteiger partial charge in [-0.05, 0) is 19.3 Å². The minimum atomic E-state index is -0.821. The second-order valence-corrected chi connectivity index (χ2v) is 2.96. The first-order valence-electron chi connectivity index (χ1n) is 4.08. The van der Waals surface area contributed by atoms with Gasteiger partial charge in [-0.2, -0.15) is 0 Å². The summed E-state index contributed by atoms with van der Waals surface area (Å²) in [6.45, 7) is 2.31. The fraction of sp³-hybridized carbons (Fsp3) is 0.875. The van der Waals surface area contributed by atoms with Crippen molar-refractivity contribution in [2.75, 3.05) is 6.61 Å². The lowest BCUT2D eigenvalue weighted by Gasteiger charge is -2.10. The second kappa shape index (κ2) is 3.72. The third kappa shape index (κ3) is 2.89. The van der Waals surface area contributed by atoms with Crippen molar-refractivity contribution < 1.29 is 14.6 Å². The number of carbonyl (C=O) groups is 1. The molecule has 0 aromatic heterocycles. The van der Waals surface area contributed by atoms with Crippen molar-refractivity contribution in [3.63, 3.8) is 0 Å². The number of hydrogen-bond acceptors (Lipinski definition) is 2. The van der Waals surface area contributed by atoms with Crippen molar-refractivity contribution in [2.45, 2.75) is 32.3 Å². The molecule has 0 aliphatic heterocycles. The molecule has 1 unspecified atom stereocenters. The highest BCUT2D eigenvalue weighted by molar-refractivity contribution is 5.72. The first kappa shape index (κ1) is 8.53. The van der Waals surface area contributed by atoms with Gasteiger partial charge in [-0.15, -0.1) is 0 Å². The molecule has 11 heavy (non-hydrogen) atoms. The Labute approximate surface area is 66.4 Å². The van der Waals surface area contributed by atoms with Crippen LogP contribution in [0.1, 0.15) is 26.2 Å². The van der Waals surface area contributed by atoms with E-state index in [0.29, 0.717) is 18.9 Å². The van der Waals surface area contributed by atoms with E-state index < -0.39 is 12.1 Å². The van der Waals surface area contributed by atoms with Gasteiger partial charge in [0.25, 0.3) is 0 Å². The van der Waals surface area contributed by atoms with Crippen LogP contribution in [0.4, 0.5) is 0 Å². The first-order chi connectivity index (χ1) is 5.24. The second-order valence-electron chi connectivity index (χ2n) is 2.96. The number of ether oxygens (including phenoxy) is 1. The third-order valence-corrected chi connectivity index (χ3v) is 1.89. The zero-order chi connectivity index (χ0) is 8.27. The number of rotatable bonds is 5. The first-order valence-corrected chi connectivity index (χ1v) is 4.08. The molecule has 0 bridgehead atoms. The normalized spacial score (nSPS) is 19.7. The molecule has 1 atom stereocenters. The van der Waals surface area contributed by atoms with Crippen molar-refractivity contribution >= 4 is 5.97 Å². The van der Waals surface area contributed by atoms with Gasteiger partial charge in [0, 0.05) is 6.61 Å². The predicted molar refractivity (Wildman–Crippen MR) is 40.4 cm³/mol. The van der Waals surface area contributed by atoms with Gasteiger partial charge in [0.15, 0.2) is 6.10 Å². The summed E-state index contributed by atoms with van der Waals surface area (Å²) in [4.78, 5) is 10.5. The molecular weight excluding hydrogens is 144 g/mol. The summed E-state index contributed by atoms with van der Waals surface area (Å²) in [7, 11) is 0. The molecule has 0 aromatic carbocycles. The molecule has 1 saturated carbocycles. The van der Waals surface area contributed by atoms with Gasteiger partial charge in [0.2, 0.25) is 0 Å². The molecule has 0 spiro atoms. The molecule has 0 saturated heterocycles. The summed E-state index contributed by atoms with van der Waals surface area (Å²) in [5, 5.41) is 8.66. The average Bonchev–Trinajstić information content (AvgIpc) is 2.70. The zero-order valence-electron chi connectivity index (χ0n) is 6.75. The molecule has 3 nitrogen and oxygen atoms in total. The maximum atomic E-state index is 10.5. The Balaban J connectivity index is 2.24. The van der Waals surface area contributed by atoms with Crippen molar-refractivity contribution in [3.05, 3.63) is 0 Å². The van der Waals surface area contributed by atoms with Crippen LogP contribution in [0.15, 0.2) is 0 Å². The highest BCUT2D eigenvalue weighted by atomic mass is 16.5.